The molecule has 0 saturated heterocycles. The lowest BCUT2D eigenvalue weighted by atomic mass is 10.0. The van der Waals surface area contributed by atoms with Crippen molar-refractivity contribution in [2.24, 2.45) is 0 Å². The first-order valence-corrected chi connectivity index (χ1v) is 8.56. The lowest BCUT2D eigenvalue weighted by Gasteiger charge is -2.22. The highest BCUT2D eigenvalue weighted by atomic mass is 32.2. The van der Waals surface area contributed by atoms with Gasteiger partial charge in [0.1, 0.15) is 11.5 Å². The number of hydrogen-bond donors (Lipinski definition) is 2. The van der Waals surface area contributed by atoms with Crippen molar-refractivity contribution in [3.05, 3.63) is 83.9 Å². The van der Waals surface area contributed by atoms with Gasteiger partial charge in [0.2, 0.25) is 0 Å². The summed E-state index contributed by atoms with van der Waals surface area (Å²) in [4.78, 5) is 2.53. The van der Waals surface area contributed by atoms with E-state index in [0.717, 1.165) is 17.9 Å². The van der Waals surface area contributed by atoms with Crippen molar-refractivity contribution < 1.29 is 19.1 Å². The van der Waals surface area contributed by atoms with Gasteiger partial charge in [-0.25, -0.2) is 0 Å². The number of rotatable bonds is 2. The largest absolute Gasteiger partial charge is 0.674 e. The normalized spacial score (nSPS) is 11.3. The van der Waals surface area contributed by atoms with Crippen molar-refractivity contribution in [2.75, 3.05) is 0 Å². The minimum atomic E-state index is -2.67. The van der Waals surface area contributed by atoms with Gasteiger partial charge in [-0.2, -0.15) is 0 Å². The molecule has 6 heteroatoms. The van der Waals surface area contributed by atoms with Crippen LogP contribution in [-0.2, 0) is 6.42 Å². The van der Waals surface area contributed by atoms with Crippen LogP contribution in [0.15, 0.2) is 82.6 Å². The first kappa shape index (κ1) is 17.5. The zero-order valence-corrected chi connectivity index (χ0v) is 14.1. The third-order valence-corrected chi connectivity index (χ3v) is 4.73. The Bertz CT molecular complexity index is 840. The minimum Gasteiger partial charge on any atom is -0.457 e. The first-order chi connectivity index (χ1) is 12.1. The van der Waals surface area contributed by atoms with E-state index in [4.69, 9.17) is 14.8 Å². The van der Waals surface area contributed by atoms with Crippen LogP contribution < -0.4 is 4.74 Å². The zero-order valence-electron chi connectivity index (χ0n) is 13.3. The number of benzene rings is 3. The molecule has 0 radical (unpaired) electrons. The van der Waals surface area contributed by atoms with Crippen LogP contribution in [0.3, 0.4) is 0 Å². The Labute approximate surface area is 150 Å². The second-order valence-corrected chi connectivity index (χ2v) is 6.46. The highest BCUT2D eigenvalue weighted by Crippen LogP contribution is 2.42. The predicted molar refractivity (Wildman–Crippen MR) is 97.6 cm³/mol. The van der Waals surface area contributed by atoms with Crippen LogP contribution in [0, 0.1) is 0 Å². The first-order valence-electron chi connectivity index (χ1n) is 7.74. The Balaban J connectivity index is 0.000000415. The molecule has 2 N–H and O–H groups in total. The summed E-state index contributed by atoms with van der Waals surface area (Å²) in [5.41, 5.74) is 2.54. The summed E-state index contributed by atoms with van der Waals surface area (Å²) in [6, 6.07) is 25.0. The zero-order chi connectivity index (χ0) is 17.6. The molecule has 4 rings (SSSR count). The standard InChI is InChI=1S/C19H14OS.BFH2O2/c1-2-8-15(9-3-1)21-19-12-6-11-18-16(19)13-14-7-4-5-10-17(14)20-18;2-1(3)4/h1-12H,13H2;3-4H. The maximum atomic E-state index is 10.1. The van der Waals surface area contributed by atoms with Gasteiger partial charge in [0.15, 0.2) is 0 Å². The SMILES string of the molecule is OB(O)F.c1ccc(Sc2cccc3c2Cc2ccccc2O3)cc1. The molecule has 0 spiro atoms. The lowest BCUT2D eigenvalue weighted by Crippen LogP contribution is -2.03. The Morgan fingerprint density at radius 3 is 2.24 bits per heavy atom. The summed E-state index contributed by atoms with van der Waals surface area (Å²) in [5.74, 6) is 1.96. The third kappa shape index (κ3) is 4.63. The van der Waals surface area contributed by atoms with E-state index in [1.807, 2.05) is 18.2 Å². The van der Waals surface area contributed by atoms with Gasteiger partial charge in [-0.1, -0.05) is 54.2 Å². The smallest absolute Gasteiger partial charge is 0.457 e. The Morgan fingerprint density at radius 1 is 0.840 bits per heavy atom. The van der Waals surface area contributed by atoms with Gasteiger partial charge < -0.3 is 14.8 Å². The van der Waals surface area contributed by atoms with Gasteiger partial charge in [-0.3, -0.25) is 4.32 Å². The third-order valence-electron chi connectivity index (χ3n) is 3.62. The monoisotopic (exact) mass is 354 g/mol. The van der Waals surface area contributed by atoms with Crippen LogP contribution in [0.1, 0.15) is 11.1 Å². The van der Waals surface area contributed by atoms with Crippen molar-refractivity contribution in [3.63, 3.8) is 0 Å². The van der Waals surface area contributed by atoms with E-state index in [1.54, 1.807) is 11.8 Å². The van der Waals surface area contributed by atoms with Crippen LogP contribution in [0.25, 0.3) is 0 Å². The second kappa shape index (κ2) is 8.20. The van der Waals surface area contributed by atoms with Gasteiger partial charge in [-0.05, 0) is 35.9 Å². The van der Waals surface area contributed by atoms with Crippen LogP contribution in [0.4, 0.5) is 4.32 Å². The summed E-state index contributed by atoms with van der Waals surface area (Å²) in [5, 5.41) is 13.9. The van der Waals surface area contributed by atoms with E-state index in [-0.39, 0.29) is 0 Å². The minimum absolute atomic E-state index is 0.932. The fourth-order valence-corrected chi connectivity index (χ4v) is 3.57. The quantitative estimate of drug-likeness (QED) is 0.522. The molecule has 0 amide bonds. The molecule has 0 bridgehead atoms. The number of fused-ring (bicyclic) bond motifs is 2. The maximum Gasteiger partial charge on any atom is 0.674 e. The summed E-state index contributed by atoms with van der Waals surface area (Å²) in [6.07, 6.45) is 0.932. The van der Waals surface area contributed by atoms with E-state index >= 15 is 0 Å². The fraction of sp³-hybridized carbons (Fsp3) is 0.0526. The molecule has 0 atom stereocenters. The van der Waals surface area contributed by atoms with Crippen LogP contribution in [-0.4, -0.2) is 17.4 Å². The molecule has 0 aliphatic carbocycles. The Hall–Kier alpha value is -2.28. The van der Waals surface area contributed by atoms with Crippen LogP contribution >= 0.6 is 11.8 Å². The summed E-state index contributed by atoms with van der Waals surface area (Å²) >= 11 is 1.80. The molecule has 0 unspecified atom stereocenters. The number of para-hydroxylation sites is 1. The van der Waals surface area contributed by atoms with Gasteiger partial charge in [-0.15, -0.1) is 0 Å². The molecular formula is C19H16BFO3S. The van der Waals surface area contributed by atoms with Crippen LogP contribution in [0.2, 0.25) is 0 Å². The number of ether oxygens (including phenoxy) is 1. The molecule has 0 aromatic heterocycles. The van der Waals surface area contributed by atoms with Gasteiger partial charge >= 0.3 is 7.40 Å². The van der Waals surface area contributed by atoms with Crippen molar-refractivity contribution in [3.8, 4) is 11.5 Å². The lowest BCUT2D eigenvalue weighted by molar-refractivity contribution is 0.340. The van der Waals surface area contributed by atoms with E-state index in [9.17, 15) is 4.32 Å². The molecule has 3 aromatic rings. The molecular weight excluding hydrogens is 338 g/mol. The van der Waals surface area contributed by atoms with Crippen molar-refractivity contribution in [1.29, 1.82) is 0 Å². The maximum absolute atomic E-state index is 10.1. The average Bonchev–Trinajstić information content (AvgIpc) is 2.61. The number of hydrogen-bond acceptors (Lipinski definition) is 4. The molecule has 3 nitrogen and oxygen atoms in total. The topological polar surface area (TPSA) is 49.7 Å². The molecule has 1 heterocycles. The second-order valence-electron chi connectivity index (χ2n) is 5.35. The molecule has 0 saturated carbocycles. The van der Waals surface area contributed by atoms with Gasteiger partial charge in [0.25, 0.3) is 0 Å². The van der Waals surface area contributed by atoms with Crippen LogP contribution in [0.5, 0.6) is 11.5 Å². The predicted octanol–water partition coefficient (Wildman–Crippen LogP) is 4.46. The van der Waals surface area contributed by atoms with E-state index in [2.05, 4.69) is 54.6 Å². The molecule has 25 heavy (non-hydrogen) atoms. The average molecular weight is 354 g/mol. The Morgan fingerprint density at radius 2 is 1.48 bits per heavy atom. The van der Waals surface area contributed by atoms with Gasteiger partial charge in [0.05, 0.1) is 0 Å². The van der Waals surface area contributed by atoms with Crippen molar-refractivity contribution in [1.82, 2.24) is 0 Å². The van der Waals surface area contributed by atoms with E-state index < -0.39 is 7.40 Å². The van der Waals surface area contributed by atoms with E-state index in [1.165, 1.54) is 20.9 Å². The highest BCUT2D eigenvalue weighted by molar-refractivity contribution is 7.99. The number of halogens is 1. The fourth-order valence-electron chi connectivity index (χ4n) is 2.58. The molecule has 3 aromatic carbocycles. The summed E-state index contributed by atoms with van der Waals surface area (Å²) in [6.45, 7) is 0. The van der Waals surface area contributed by atoms with Gasteiger partial charge in [0, 0.05) is 21.8 Å². The Kier molecular flexibility index (Phi) is 5.76. The molecule has 1 aliphatic rings. The summed E-state index contributed by atoms with van der Waals surface area (Å²) in [7, 11) is -2.67. The molecule has 126 valence electrons. The summed E-state index contributed by atoms with van der Waals surface area (Å²) < 4.78 is 16.2. The highest BCUT2D eigenvalue weighted by Gasteiger charge is 2.19. The van der Waals surface area contributed by atoms with E-state index in [0.29, 0.717) is 0 Å². The molecule has 1 aliphatic heterocycles. The van der Waals surface area contributed by atoms with Crippen molar-refractivity contribution in [2.45, 2.75) is 16.2 Å². The van der Waals surface area contributed by atoms with Crippen molar-refractivity contribution >= 4 is 19.2 Å². The molecule has 0 fully saturated rings.